The molecule has 0 radical (unpaired) electrons. The molecule has 2 rings (SSSR count). The number of amides is 3. The van der Waals surface area contributed by atoms with Crippen molar-refractivity contribution in [3.05, 3.63) is 28.2 Å². The molecule has 18 heavy (non-hydrogen) atoms. The molecule has 0 saturated carbocycles. The number of carbonyl (C=O) groups is 2. The van der Waals surface area contributed by atoms with Crippen molar-refractivity contribution in [1.82, 2.24) is 4.31 Å². The number of carbonyl (C=O) groups excluding carboxylic acids is 2. The van der Waals surface area contributed by atoms with Gasteiger partial charge in [0, 0.05) is 17.4 Å². The Bertz CT molecular complexity index is 510. The van der Waals surface area contributed by atoms with Gasteiger partial charge in [-0.05, 0) is 30.1 Å². The van der Waals surface area contributed by atoms with Crippen LogP contribution in [0.4, 0.5) is 10.5 Å². The standard InChI is InChI=1S/C11H10Cl2N2O2S/c1-6-4-10(16)15(18-6)11(17)14-7-2-3-8(12)9(13)5-7/h2-3,5-6H,4H2,1H3,(H,14,17). The Morgan fingerprint density at radius 1 is 1.44 bits per heavy atom. The van der Waals surface area contributed by atoms with Crippen molar-refractivity contribution in [3.8, 4) is 0 Å². The SMILES string of the molecule is CC1CC(=O)N(C(=O)Nc2ccc(Cl)c(Cl)c2)S1. The minimum absolute atomic E-state index is 0.122. The first kappa shape index (κ1) is 13.5. The number of urea groups is 1. The van der Waals surface area contributed by atoms with Crippen molar-refractivity contribution >= 4 is 52.8 Å². The highest BCUT2D eigenvalue weighted by molar-refractivity contribution is 7.99. The Labute approximate surface area is 119 Å². The summed E-state index contributed by atoms with van der Waals surface area (Å²) in [6.07, 6.45) is 0.374. The van der Waals surface area contributed by atoms with E-state index in [1.165, 1.54) is 18.0 Å². The summed E-state index contributed by atoms with van der Waals surface area (Å²) in [5, 5.41) is 3.49. The lowest BCUT2D eigenvalue weighted by Crippen LogP contribution is -2.30. The molecule has 1 aliphatic rings. The zero-order valence-corrected chi connectivity index (χ0v) is 11.8. The van der Waals surface area contributed by atoms with Gasteiger partial charge in [0.25, 0.3) is 0 Å². The summed E-state index contributed by atoms with van der Waals surface area (Å²) in [5.41, 5.74) is 0.502. The van der Waals surface area contributed by atoms with Crippen LogP contribution in [0.5, 0.6) is 0 Å². The van der Waals surface area contributed by atoms with E-state index in [-0.39, 0.29) is 11.2 Å². The van der Waals surface area contributed by atoms with E-state index < -0.39 is 6.03 Å². The Balaban J connectivity index is 2.07. The predicted molar refractivity (Wildman–Crippen MR) is 74.0 cm³/mol. The molecule has 0 aliphatic carbocycles. The highest BCUT2D eigenvalue weighted by atomic mass is 35.5. The second-order valence-electron chi connectivity index (χ2n) is 3.87. The third-order valence-electron chi connectivity index (χ3n) is 2.33. The normalized spacial score (nSPS) is 19.2. The van der Waals surface area contributed by atoms with E-state index in [1.807, 2.05) is 6.92 Å². The number of hydrogen-bond donors (Lipinski definition) is 1. The number of rotatable bonds is 1. The quantitative estimate of drug-likeness (QED) is 0.803. The topological polar surface area (TPSA) is 49.4 Å². The Morgan fingerprint density at radius 2 is 2.17 bits per heavy atom. The van der Waals surface area contributed by atoms with E-state index in [0.29, 0.717) is 22.2 Å². The lowest BCUT2D eigenvalue weighted by atomic mass is 10.3. The van der Waals surface area contributed by atoms with Crippen LogP contribution in [0.25, 0.3) is 0 Å². The second-order valence-corrected chi connectivity index (χ2v) is 6.06. The molecule has 1 aromatic rings. The average Bonchev–Trinajstić information content (AvgIpc) is 2.63. The van der Waals surface area contributed by atoms with Gasteiger partial charge in [0.1, 0.15) is 0 Å². The van der Waals surface area contributed by atoms with Gasteiger partial charge < -0.3 is 5.32 Å². The zero-order chi connectivity index (χ0) is 13.3. The molecule has 4 nitrogen and oxygen atoms in total. The molecule has 1 unspecified atom stereocenters. The van der Waals surface area contributed by atoms with Gasteiger partial charge in [-0.25, -0.2) is 9.10 Å². The van der Waals surface area contributed by atoms with E-state index in [1.54, 1.807) is 12.1 Å². The third kappa shape index (κ3) is 2.91. The molecule has 1 aliphatic heterocycles. The summed E-state index contributed by atoms with van der Waals surface area (Å²) >= 11 is 12.8. The number of benzene rings is 1. The van der Waals surface area contributed by atoms with Crippen molar-refractivity contribution in [3.63, 3.8) is 0 Å². The van der Waals surface area contributed by atoms with Crippen LogP contribution in [0.1, 0.15) is 13.3 Å². The van der Waals surface area contributed by atoms with Crippen molar-refractivity contribution < 1.29 is 9.59 Å². The number of imide groups is 1. The maximum Gasteiger partial charge on any atom is 0.338 e. The maximum atomic E-state index is 11.9. The molecule has 0 spiro atoms. The van der Waals surface area contributed by atoms with E-state index in [4.69, 9.17) is 23.2 Å². The summed E-state index contributed by atoms with van der Waals surface area (Å²) in [5.74, 6) is -0.190. The fourth-order valence-corrected chi connectivity index (χ4v) is 2.72. The molecule has 0 aromatic heterocycles. The second kappa shape index (κ2) is 5.38. The Morgan fingerprint density at radius 3 is 2.72 bits per heavy atom. The Kier molecular flexibility index (Phi) is 4.04. The lowest BCUT2D eigenvalue weighted by molar-refractivity contribution is -0.123. The lowest BCUT2D eigenvalue weighted by Gasteiger charge is -2.14. The summed E-state index contributed by atoms with van der Waals surface area (Å²) in [6, 6.07) is 4.28. The molecule has 1 saturated heterocycles. The van der Waals surface area contributed by atoms with Gasteiger partial charge in [0.2, 0.25) is 5.91 Å². The molecule has 1 N–H and O–H groups in total. The van der Waals surface area contributed by atoms with Crippen LogP contribution in [0.2, 0.25) is 10.0 Å². The van der Waals surface area contributed by atoms with Gasteiger partial charge in [-0.3, -0.25) is 4.79 Å². The first-order valence-electron chi connectivity index (χ1n) is 5.23. The highest BCUT2D eigenvalue weighted by Gasteiger charge is 2.32. The monoisotopic (exact) mass is 304 g/mol. The maximum absolute atomic E-state index is 11.9. The molecule has 7 heteroatoms. The molecule has 0 bridgehead atoms. The molecule has 1 fully saturated rings. The van der Waals surface area contributed by atoms with Gasteiger partial charge in [-0.1, -0.05) is 30.1 Å². The Hall–Kier alpha value is -0.910. The number of nitrogens with one attached hydrogen (secondary N) is 1. The fraction of sp³-hybridized carbons (Fsp3) is 0.273. The minimum Gasteiger partial charge on any atom is -0.307 e. The minimum atomic E-state index is -0.465. The van der Waals surface area contributed by atoms with Gasteiger partial charge in [0.15, 0.2) is 0 Å². The molecule has 96 valence electrons. The first-order chi connectivity index (χ1) is 8.47. The van der Waals surface area contributed by atoms with Crippen molar-refractivity contribution in [1.29, 1.82) is 0 Å². The largest absolute Gasteiger partial charge is 0.338 e. The van der Waals surface area contributed by atoms with Gasteiger partial charge in [-0.2, -0.15) is 0 Å². The van der Waals surface area contributed by atoms with Crippen LogP contribution >= 0.6 is 35.1 Å². The smallest absolute Gasteiger partial charge is 0.307 e. The molecular weight excluding hydrogens is 295 g/mol. The van der Waals surface area contributed by atoms with Crippen molar-refractivity contribution in [2.45, 2.75) is 18.6 Å². The summed E-state index contributed by atoms with van der Waals surface area (Å²) in [4.78, 5) is 23.4. The molecule has 1 aromatic carbocycles. The zero-order valence-electron chi connectivity index (χ0n) is 9.44. The summed E-state index contributed by atoms with van der Waals surface area (Å²) in [7, 11) is 0. The molecular formula is C11H10Cl2N2O2S. The van der Waals surface area contributed by atoms with Crippen LogP contribution < -0.4 is 5.32 Å². The van der Waals surface area contributed by atoms with E-state index in [2.05, 4.69) is 5.32 Å². The van der Waals surface area contributed by atoms with Crippen molar-refractivity contribution in [2.24, 2.45) is 0 Å². The van der Waals surface area contributed by atoms with Crippen LogP contribution in [0, 0.1) is 0 Å². The fourth-order valence-electron chi connectivity index (χ4n) is 1.51. The predicted octanol–water partition coefficient (Wildman–Crippen LogP) is 3.79. The van der Waals surface area contributed by atoms with Crippen molar-refractivity contribution in [2.75, 3.05) is 5.32 Å². The third-order valence-corrected chi connectivity index (χ3v) is 4.18. The summed E-state index contributed by atoms with van der Waals surface area (Å²) < 4.78 is 1.13. The van der Waals surface area contributed by atoms with Crippen LogP contribution in [0.15, 0.2) is 18.2 Å². The molecule has 1 heterocycles. The van der Waals surface area contributed by atoms with Gasteiger partial charge in [0.05, 0.1) is 10.0 Å². The van der Waals surface area contributed by atoms with Gasteiger partial charge in [-0.15, -0.1) is 0 Å². The van der Waals surface area contributed by atoms with Crippen LogP contribution in [-0.2, 0) is 4.79 Å². The number of halogens is 2. The van der Waals surface area contributed by atoms with E-state index >= 15 is 0 Å². The average molecular weight is 305 g/mol. The molecule has 3 amide bonds. The number of nitrogens with zero attached hydrogens (tertiary/aromatic N) is 1. The first-order valence-corrected chi connectivity index (χ1v) is 6.82. The highest BCUT2D eigenvalue weighted by Crippen LogP contribution is 2.30. The molecule has 1 atom stereocenters. The van der Waals surface area contributed by atoms with Crippen LogP contribution in [0.3, 0.4) is 0 Å². The number of anilines is 1. The van der Waals surface area contributed by atoms with Crippen LogP contribution in [-0.4, -0.2) is 21.5 Å². The van der Waals surface area contributed by atoms with E-state index in [0.717, 1.165) is 4.31 Å². The number of hydrogen-bond acceptors (Lipinski definition) is 3. The summed E-state index contributed by atoms with van der Waals surface area (Å²) in [6.45, 7) is 1.90. The van der Waals surface area contributed by atoms with Gasteiger partial charge >= 0.3 is 6.03 Å². The van der Waals surface area contributed by atoms with E-state index in [9.17, 15) is 9.59 Å².